The van der Waals surface area contributed by atoms with Crippen LogP contribution < -0.4 is 10.6 Å². The molecule has 4 rings (SSSR count). The number of ether oxygens (including phenoxy) is 1. The Hall–Kier alpha value is -3.24. The zero-order chi connectivity index (χ0) is 18.4. The van der Waals surface area contributed by atoms with Crippen molar-refractivity contribution in [1.29, 1.82) is 0 Å². The number of amidine groups is 2. The summed E-state index contributed by atoms with van der Waals surface area (Å²) in [5.74, 6) is 6.97. The van der Waals surface area contributed by atoms with Crippen LogP contribution in [-0.2, 0) is 0 Å². The van der Waals surface area contributed by atoms with Crippen LogP contribution in [0.4, 0.5) is 13.2 Å². The van der Waals surface area contributed by atoms with Crippen LogP contribution in [0.2, 0.25) is 0 Å². The number of quaternary nitrogens is 1. The molecular weight excluding hydrogens is 351 g/mol. The summed E-state index contributed by atoms with van der Waals surface area (Å²) in [7, 11) is 0. The lowest BCUT2D eigenvalue weighted by Crippen LogP contribution is -2.50. The normalized spacial score (nSPS) is 21.8. The quantitative estimate of drug-likeness (QED) is 0.673. The third-order valence-corrected chi connectivity index (χ3v) is 3.59. The third kappa shape index (κ3) is 3.03. The first kappa shape index (κ1) is 16.2. The maximum absolute atomic E-state index is 12.4. The molecule has 2 aromatic rings. The Kier molecular flexibility index (Phi) is 3.53. The molecule has 0 spiro atoms. The van der Waals surface area contributed by atoms with E-state index in [4.69, 9.17) is 10.3 Å². The van der Waals surface area contributed by atoms with Gasteiger partial charge in [-0.05, 0) is 34.1 Å². The maximum atomic E-state index is 12.4. The van der Waals surface area contributed by atoms with E-state index in [2.05, 4.69) is 19.8 Å². The molecule has 0 saturated heterocycles. The van der Waals surface area contributed by atoms with Gasteiger partial charge in [-0.15, -0.1) is 19.0 Å². The lowest BCUT2D eigenvalue weighted by Gasteiger charge is -2.20. The van der Waals surface area contributed by atoms with Crippen LogP contribution in [0.15, 0.2) is 68.4 Å². The van der Waals surface area contributed by atoms with Crippen LogP contribution in [0.5, 0.6) is 5.75 Å². The number of nitrogens with two attached hydrogens (primary N) is 1. The molecule has 0 fully saturated rings. The minimum atomic E-state index is -4.78. The van der Waals surface area contributed by atoms with Crippen LogP contribution in [-0.4, -0.2) is 28.9 Å². The second-order valence-corrected chi connectivity index (χ2v) is 5.46. The van der Waals surface area contributed by atoms with Crippen LogP contribution in [0, 0.1) is 0 Å². The Labute approximate surface area is 144 Å². The highest BCUT2D eigenvalue weighted by molar-refractivity contribution is 6.32. The second-order valence-electron chi connectivity index (χ2n) is 5.46. The number of benzene rings is 1. The summed E-state index contributed by atoms with van der Waals surface area (Å²) < 4.78 is 45.9. The van der Waals surface area contributed by atoms with Gasteiger partial charge in [-0.1, -0.05) is 12.1 Å². The minimum Gasteiger partial charge on any atom is -0.461 e. The highest BCUT2D eigenvalue weighted by Gasteiger charge is 2.40. The van der Waals surface area contributed by atoms with E-state index in [0.29, 0.717) is 28.7 Å². The summed E-state index contributed by atoms with van der Waals surface area (Å²) in [5, 5.41) is 4.30. The Balaban J connectivity index is 1.67. The fourth-order valence-electron chi connectivity index (χ4n) is 2.49. The number of alkyl halides is 3. The first-order valence-electron chi connectivity index (χ1n) is 7.36. The third-order valence-electron chi connectivity index (χ3n) is 3.59. The van der Waals surface area contributed by atoms with Gasteiger partial charge in [0.05, 0.1) is 6.26 Å². The van der Waals surface area contributed by atoms with Crippen molar-refractivity contribution < 1.29 is 27.0 Å². The molecule has 7 nitrogen and oxygen atoms in total. The summed E-state index contributed by atoms with van der Waals surface area (Å²) in [6.45, 7) is 0. The van der Waals surface area contributed by atoms with Gasteiger partial charge in [-0.25, -0.2) is 4.99 Å². The molecule has 0 saturated carbocycles. The molecule has 0 amide bonds. The lowest BCUT2D eigenvalue weighted by atomic mass is 10.1. The Morgan fingerprint density at radius 2 is 2.00 bits per heavy atom. The fourth-order valence-corrected chi connectivity index (χ4v) is 2.49. The number of aliphatic imine (C=N–C) groups is 2. The molecule has 1 aromatic heterocycles. The van der Waals surface area contributed by atoms with E-state index < -0.39 is 11.1 Å². The van der Waals surface area contributed by atoms with Crippen molar-refractivity contribution >= 4 is 23.6 Å². The molecule has 1 atom stereocenters. The number of hydrogen-bond donors (Lipinski definition) is 1. The molecule has 0 bridgehead atoms. The van der Waals surface area contributed by atoms with Gasteiger partial charge in [0.25, 0.3) is 11.7 Å². The highest BCUT2D eigenvalue weighted by Crippen LogP contribution is 2.30. The van der Waals surface area contributed by atoms with Crippen molar-refractivity contribution in [3.63, 3.8) is 0 Å². The predicted molar refractivity (Wildman–Crippen MR) is 86.7 cm³/mol. The summed E-state index contributed by atoms with van der Waals surface area (Å²) in [6.07, 6.45) is -0.410. The molecule has 1 aromatic carbocycles. The second kappa shape index (κ2) is 5.64. The van der Waals surface area contributed by atoms with E-state index in [1.165, 1.54) is 36.9 Å². The van der Waals surface area contributed by atoms with Gasteiger partial charge in [0.2, 0.25) is 0 Å². The number of nitrogens with zero attached hydrogens (tertiary/aromatic N) is 4. The van der Waals surface area contributed by atoms with Gasteiger partial charge in [-0.2, -0.15) is 4.99 Å². The van der Waals surface area contributed by atoms with Crippen LogP contribution >= 0.6 is 0 Å². The van der Waals surface area contributed by atoms with Gasteiger partial charge >= 0.3 is 6.36 Å². The van der Waals surface area contributed by atoms with E-state index in [1.807, 2.05) is 0 Å². The molecule has 0 aliphatic carbocycles. The lowest BCUT2D eigenvalue weighted by molar-refractivity contribution is -0.802. The van der Waals surface area contributed by atoms with Crippen molar-refractivity contribution in [3.8, 4) is 5.75 Å². The molecule has 26 heavy (non-hydrogen) atoms. The van der Waals surface area contributed by atoms with Crippen LogP contribution in [0.3, 0.4) is 0 Å². The number of hydrogen-bond acceptors (Lipinski definition) is 6. The van der Waals surface area contributed by atoms with Crippen molar-refractivity contribution in [2.24, 2.45) is 20.9 Å². The molecule has 0 radical (unpaired) electrons. The first-order valence-corrected chi connectivity index (χ1v) is 7.36. The van der Waals surface area contributed by atoms with Gasteiger partial charge in [0.15, 0.2) is 12.0 Å². The molecule has 10 heteroatoms. The SMILES string of the molecule is N[N+]12C=C(c3cccc(OC(F)(F)F)c3)N=CC1=NC(c1ccco1)=N2. The van der Waals surface area contributed by atoms with E-state index in [-0.39, 0.29) is 5.75 Å². The summed E-state index contributed by atoms with van der Waals surface area (Å²) in [5.41, 5.74) is 0.732. The van der Waals surface area contributed by atoms with E-state index >= 15 is 0 Å². The minimum absolute atomic E-state index is 0.297. The van der Waals surface area contributed by atoms with Gasteiger partial charge < -0.3 is 9.15 Å². The van der Waals surface area contributed by atoms with Crippen molar-refractivity contribution in [1.82, 2.24) is 0 Å². The zero-order valence-corrected chi connectivity index (χ0v) is 13.0. The Morgan fingerprint density at radius 1 is 1.15 bits per heavy atom. The van der Waals surface area contributed by atoms with Crippen LogP contribution in [0.25, 0.3) is 5.70 Å². The molecular formula is C16H11F3N5O2+. The molecule has 2 aliphatic heterocycles. The zero-order valence-electron chi connectivity index (χ0n) is 13.0. The smallest absolute Gasteiger partial charge is 0.461 e. The molecule has 2 N–H and O–H groups in total. The summed E-state index contributed by atoms with van der Waals surface area (Å²) >= 11 is 0. The first-order chi connectivity index (χ1) is 12.3. The predicted octanol–water partition coefficient (Wildman–Crippen LogP) is 3.03. The monoisotopic (exact) mass is 362 g/mol. The summed E-state index contributed by atoms with van der Waals surface area (Å²) in [4.78, 5) is 8.48. The van der Waals surface area contributed by atoms with Crippen molar-refractivity contribution in [3.05, 3.63) is 60.2 Å². The van der Waals surface area contributed by atoms with E-state index in [1.54, 1.807) is 18.2 Å². The number of rotatable bonds is 3. The Morgan fingerprint density at radius 3 is 2.73 bits per heavy atom. The summed E-state index contributed by atoms with van der Waals surface area (Å²) in [6, 6.07) is 8.82. The average Bonchev–Trinajstić information content (AvgIpc) is 3.19. The Bertz CT molecular complexity index is 976. The van der Waals surface area contributed by atoms with E-state index in [0.717, 1.165) is 0 Å². The average molecular weight is 362 g/mol. The van der Waals surface area contributed by atoms with Gasteiger partial charge in [-0.3, -0.25) is 0 Å². The van der Waals surface area contributed by atoms with E-state index in [9.17, 15) is 13.2 Å². The van der Waals surface area contributed by atoms with Crippen molar-refractivity contribution in [2.75, 3.05) is 0 Å². The fraction of sp³-hybridized carbons (Fsp3) is 0.0625. The highest BCUT2D eigenvalue weighted by atomic mass is 19.4. The largest absolute Gasteiger partial charge is 0.573 e. The molecule has 132 valence electrons. The number of furan rings is 1. The number of fused-ring (bicyclic) bond motifs is 1. The van der Waals surface area contributed by atoms with Crippen molar-refractivity contribution in [2.45, 2.75) is 6.36 Å². The van der Waals surface area contributed by atoms with Gasteiger partial charge in [0, 0.05) is 5.56 Å². The van der Waals surface area contributed by atoms with Gasteiger partial charge in [0.1, 0.15) is 17.7 Å². The molecule has 3 heterocycles. The molecule has 2 aliphatic rings. The maximum Gasteiger partial charge on any atom is 0.573 e. The molecule has 1 unspecified atom stereocenters. The standard InChI is InChI=1S/C16H11F3N5O2/c17-16(18,19)26-11-4-1-3-10(7-11)12-9-24(20)14(8-21-12)22-15(23-24)13-5-2-6-25-13/h1-9H,20H2/q+1. The number of halogens is 3. The topological polar surface area (TPSA) is 85.5 Å². The van der Waals surface area contributed by atoms with Crippen LogP contribution in [0.1, 0.15) is 11.3 Å².